The fourth-order valence-corrected chi connectivity index (χ4v) is 3.76. The molecule has 2 atom stereocenters. The second-order valence-electron chi connectivity index (χ2n) is 6.64. The molecule has 2 aromatic rings. The van der Waals surface area contributed by atoms with E-state index < -0.39 is 5.97 Å². The number of amides is 1. The summed E-state index contributed by atoms with van der Waals surface area (Å²) >= 11 is 5.98. The zero-order valence-electron chi connectivity index (χ0n) is 14.7. The van der Waals surface area contributed by atoms with Gasteiger partial charge in [0.15, 0.2) is 0 Å². The lowest BCUT2D eigenvalue weighted by molar-refractivity contribution is 0.0657. The highest BCUT2D eigenvalue weighted by atomic mass is 35.5. The Labute approximate surface area is 157 Å². The predicted molar refractivity (Wildman–Crippen MR) is 102 cm³/mol. The molecule has 0 spiro atoms. The molecule has 1 aliphatic heterocycles. The van der Waals surface area contributed by atoms with Crippen molar-refractivity contribution in [2.24, 2.45) is 0 Å². The molecule has 1 N–H and O–H groups in total. The fourth-order valence-electron chi connectivity index (χ4n) is 3.64. The Morgan fingerprint density at radius 2 is 1.50 bits per heavy atom. The minimum absolute atomic E-state index is 0.0398. The summed E-state index contributed by atoms with van der Waals surface area (Å²) in [5.41, 5.74) is 1.34. The number of anilines is 1. The maximum atomic E-state index is 12.9. The number of carbonyl (C=O) groups is 2. The van der Waals surface area contributed by atoms with Crippen molar-refractivity contribution in [1.29, 1.82) is 0 Å². The highest BCUT2D eigenvalue weighted by molar-refractivity contribution is 6.30. The first-order valence-corrected chi connectivity index (χ1v) is 8.91. The summed E-state index contributed by atoms with van der Waals surface area (Å²) < 4.78 is 0. The maximum Gasteiger partial charge on any atom is 0.336 e. The Morgan fingerprint density at radius 1 is 0.962 bits per heavy atom. The van der Waals surface area contributed by atoms with Gasteiger partial charge in [-0.1, -0.05) is 23.7 Å². The maximum absolute atomic E-state index is 12.9. The normalized spacial score (nSPS) is 20.1. The molecule has 0 aliphatic carbocycles. The highest BCUT2D eigenvalue weighted by Crippen LogP contribution is 2.27. The number of carboxylic acid groups (broad SMARTS) is 1. The molecule has 2 unspecified atom stereocenters. The van der Waals surface area contributed by atoms with E-state index in [9.17, 15) is 14.7 Å². The zero-order chi connectivity index (χ0) is 18.8. The largest absolute Gasteiger partial charge is 0.478 e. The molecular formula is C20H21ClN2O3. The molecule has 1 saturated heterocycles. The number of carboxylic acids is 1. The van der Waals surface area contributed by atoms with Gasteiger partial charge in [-0.3, -0.25) is 4.79 Å². The molecule has 0 bridgehead atoms. The molecule has 0 radical (unpaired) electrons. The van der Waals surface area contributed by atoms with Gasteiger partial charge in [0.25, 0.3) is 5.91 Å². The minimum atomic E-state index is -1.09. The Morgan fingerprint density at radius 3 is 2.04 bits per heavy atom. The fraction of sp³-hybridized carbons (Fsp3) is 0.300. The van der Waals surface area contributed by atoms with Crippen molar-refractivity contribution in [2.75, 3.05) is 18.0 Å². The van der Waals surface area contributed by atoms with Crippen molar-refractivity contribution >= 4 is 29.2 Å². The SMILES string of the molecule is CC1CN(C(=O)c2ccccc2C(=O)O)CC(C)N1c1ccc(Cl)cc1. The second-order valence-corrected chi connectivity index (χ2v) is 7.08. The number of aromatic carboxylic acids is 1. The van der Waals surface area contributed by atoms with E-state index in [0.717, 1.165) is 5.69 Å². The third-order valence-corrected chi connectivity index (χ3v) is 4.97. The number of rotatable bonds is 3. The topological polar surface area (TPSA) is 60.9 Å². The van der Waals surface area contributed by atoms with Crippen LogP contribution >= 0.6 is 11.6 Å². The third-order valence-electron chi connectivity index (χ3n) is 4.72. The van der Waals surface area contributed by atoms with E-state index in [1.165, 1.54) is 6.07 Å². The number of nitrogens with zero attached hydrogens (tertiary/aromatic N) is 2. The number of carbonyl (C=O) groups excluding carboxylic acids is 1. The van der Waals surface area contributed by atoms with Gasteiger partial charge in [0.1, 0.15) is 0 Å². The van der Waals surface area contributed by atoms with Gasteiger partial charge in [-0.15, -0.1) is 0 Å². The quantitative estimate of drug-likeness (QED) is 0.890. The third kappa shape index (κ3) is 3.53. The van der Waals surface area contributed by atoms with Gasteiger partial charge in [-0.25, -0.2) is 4.79 Å². The summed E-state index contributed by atoms with van der Waals surface area (Å²) in [7, 11) is 0. The Bertz CT molecular complexity index is 810. The van der Waals surface area contributed by atoms with E-state index in [4.69, 9.17) is 11.6 Å². The van der Waals surface area contributed by atoms with Crippen molar-refractivity contribution in [3.8, 4) is 0 Å². The first-order chi connectivity index (χ1) is 12.4. The van der Waals surface area contributed by atoms with Crippen molar-refractivity contribution < 1.29 is 14.7 Å². The number of piperazine rings is 1. The molecule has 1 heterocycles. The van der Waals surface area contributed by atoms with Crippen LogP contribution in [0.15, 0.2) is 48.5 Å². The van der Waals surface area contributed by atoms with E-state index in [2.05, 4.69) is 18.7 Å². The predicted octanol–water partition coefficient (Wildman–Crippen LogP) is 3.78. The summed E-state index contributed by atoms with van der Waals surface area (Å²) in [6.07, 6.45) is 0. The van der Waals surface area contributed by atoms with Gasteiger partial charge in [0.2, 0.25) is 0 Å². The van der Waals surface area contributed by atoms with Crippen LogP contribution in [-0.4, -0.2) is 47.1 Å². The summed E-state index contributed by atoms with van der Waals surface area (Å²) in [5, 5.41) is 10.0. The molecule has 0 aromatic heterocycles. The standard InChI is InChI=1S/C20H21ClN2O3/c1-13-11-22(19(24)17-5-3-4-6-18(17)20(25)26)12-14(2)23(13)16-9-7-15(21)8-10-16/h3-10,13-14H,11-12H2,1-2H3,(H,25,26). The van der Waals surface area contributed by atoms with Crippen molar-refractivity contribution in [2.45, 2.75) is 25.9 Å². The smallest absolute Gasteiger partial charge is 0.336 e. The van der Waals surface area contributed by atoms with Crippen LogP contribution in [0.5, 0.6) is 0 Å². The summed E-state index contributed by atoms with van der Waals surface area (Å²) in [6, 6.07) is 14.2. The van der Waals surface area contributed by atoms with E-state index in [1.54, 1.807) is 23.1 Å². The number of halogens is 1. The zero-order valence-corrected chi connectivity index (χ0v) is 15.5. The van der Waals surface area contributed by atoms with Gasteiger partial charge in [-0.2, -0.15) is 0 Å². The molecule has 1 amide bonds. The van der Waals surface area contributed by atoms with Crippen molar-refractivity contribution in [3.63, 3.8) is 0 Å². The molecule has 5 nitrogen and oxygen atoms in total. The van der Waals surface area contributed by atoms with Crippen LogP contribution in [0.1, 0.15) is 34.6 Å². The Kier molecular flexibility index (Phi) is 5.18. The average molecular weight is 373 g/mol. The molecule has 6 heteroatoms. The average Bonchev–Trinajstić information content (AvgIpc) is 2.62. The lowest BCUT2D eigenvalue weighted by Gasteiger charge is -2.46. The van der Waals surface area contributed by atoms with Crippen LogP contribution < -0.4 is 4.90 Å². The van der Waals surface area contributed by atoms with E-state index in [-0.39, 0.29) is 29.1 Å². The molecule has 1 fully saturated rings. The van der Waals surface area contributed by atoms with E-state index in [0.29, 0.717) is 18.1 Å². The van der Waals surface area contributed by atoms with Gasteiger partial charge < -0.3 is 14.9 Å². The molecule has 136 valence electrons. The van der Waals surface area contributed by atoms with Crippen LogP contribution in [-0.2, 0) is 0 Å². The minimum Gasteiger partial charge on any atom is -0.478 e. The van der Waals surface area contributed by atoms with Gasteiger partial charge in [-0.05, 0) is 50.2 Å². The first-order valence-electron chi connectivity index (χ1n) is 8.54. The van der Waals surface area contributed by atoms with Crippen molar-refractivity contribution in [3.05, 3.63) is 64.7 Å². The van der Waals surface area contributed by atoms with Crippen LogP contribution in [0, 0.1) is 0 Å². The van der Waals surface area contributed by atoms with E-state index >= 15 is 0 Å². The molecule has 26 heavy (non-hydrogen) atoms. The van der Waals surface area contributed by atoms with Gasteiger partial charge in [0.05, 0.1) is 11.1 Å². The van der Waals surface area contributed by atoms with Crippen LogP contribution in [0.2, 0.25) is 5.02 Å². The molecule has 1 aliphatic rings. The van der Waals surface area contributed by atoms with Gasteiger partial charge in [0, 0.05) is 35.9 Å². The van der Waals surface area contributed by atoms with Crippen LogP contribution in [0.4, 0.5) is 5.69 Å². The number of benzene rings is 2. The lowest BCUT2D eigenvalue weighted by atomic mass is 10.0. The van der Waals surface area contributed by atoms with Crippen molar-refractivity contribution in [1.82, 2.24) is 4.90 Å². The summed E-state index contributed by atoms with van der Waals surface area (Å²) in [5.74, 6) is -1.33. The van der Waals surface area contributed by atoms with Gasteiger partial charge >= 0.3 is 5.97 Å². The lowest BCUT2D eigenvalue weighted by Crippen LogP contribution is -2.58. The Hall–Kier alpha value is -2.53. The monoisotopic (exact) mass is 372 g/mol. The molecule has 3 rings (SSSR count). The molecular weight excluding hydrogens is 352 g/mol. The first kappa shape index (κ1) is 18.3. The summed E-state index contributed by atoms with van der Waals surface area (Å²) in [4.78, 5) is 28.3. The second kappa shape index (κ2) is 7.38. The molecule has 2 aromatic carbocycles. The van der Waals surface area contributed by atoms with Crippen LogP contribution in [0.25, 0.3) is 0 Å². The van der Waals surface area contributed by atoms with E-state index in [1.807, 2.05) is 24.3 Å². The highest BCUT2D eigenvalue weighted by Gasteiger charge is 2.33. The van der Waals surface area contributed by atoms with Crippen LogP contribution in [0.3, 0.4) is 0 Å². The Balaban J connectivity index is 1.82. The summed E-state index contributed by atoms with van der Waals surface area (Å²) in [6.45, 7) is 5.18. The molecule has 0 saturated carbocycles. The number of hydrogen-bond donors (Lipinski definition) is 1. The number of hydrogen-bond acceptors (Lipinski definition) is 3.